The molecule has 0 unspecified atom stereocenters. The molecule has 36 heavy (non-hydrogen) atoms. The number of carbonyl (C=O) groups excluding carboxylic acids is 2. The Balaban J connectivity index is 0.00000456. The first-order valence-electron chi connectivity index (χ1n) is 11.6. The number of imide groups is 1. The maximum absolute atomic E-state index is 13.4. The number of rotatable bonds is 12. The Kier molecular flexibility index (Phi) is 12.2. The SMILES string of the molecule is COc1ccc(CN[C@@H](CCCN=CN)C(=O)NC(=O)C(c2ccccc2)c2ccccc2)cc1.Cl. The molecule has 4 N–H and O–H groups in total. The lowest BCUT2D eigenvalue weighted by Crippen LogP contribution is -2.47. The molecule has 3 aromatic carbocycles. The number of hydrogen-bond donors (Lipinski definition) is 3. The van der Waals surface area contributed by atoms with Gasteiger partial charge in [-0.2, -0.15) is 0 Å². The molecule has 0 fully saturated rings. The third-order valence-electron chi connectivity index (χ3n) is 5.69. The van der Waals surface area contributed by atoms with Crippen molar-refractivity contribution in [2.75, 3.05) is 13.7 Å². The van der Waals surface area contributed by atoms with Crippen LogP contribution < -0.4 is 21.1 Å². The van der Waals surface area contributed by atoms with E-state index in [0.29, 0.717) is 25.9 Å². The Morgan fingerprint density at radius 2 is 1.50 bits per heavy atom. The lowest BCUT2D eigenvalue weighted by atomic mass is 9.90. The highest BCUT2D eigenvalue weighted by atomic mass is 35.5. The van der Waals surface area contributed by atoms with Crippen LogP contribution in [0.5, 0.6) is 5.75 Å². The van der Waals surface area contributed by atoms with E-state index in [2.05, 4.69) is 15.6 Å². The predicted octanol–water partition coefficient (Wildman–Crippen LogP) is 3.82. The first-order valence-corrected chi connectivity index (χ1v) is 11.6. The van der Waals surface area contributed by atoms with E-state index >= 15 is 0 Å². The molecule has 8 heteroatoms. The Labute approximate surface area is 218 Å². The number of benzene rings is 3. The lowest BCUT2D eigenvalue weighted by Gasteiger charge is -2.21. The largest absolute Gasteiger partial charge is 0.497 e. The summed E-state index contributed by atoms with van der Waals surface area (Å²) in [4.78, 5) is 30.6. The van der Waals surface area contributed by atoms with E-state index in [9.17, 15) is 9.59 Å². The maximum Gasteiger partial charge on any atom is 0.243 e. The summed E-state index contributed by atoms with van der Waals surface area (Å²) in [5.41, 5.74) is 7.98. The van der Waals surface area contributed by atoms with Gasteiger partial charge in [-0.05, 0) is 41.7 Å². The second-order valence-electron chi connectivity index (χ2n) is 8.09. The number of hydrogen-bond acceptors (Lipinski definition) is 5. The van der Waals surface area contributed by atoms with E-state index in [-0.39, 0.29) is 24.2 Å². The summed E-state index contributed by atoms with van der Waals surface area (Å²) in [6.07, 6.45) is 2.41. The van der Waals surface area contributed by atoms with Gasteiger partial charge in [0, 0.05) is 13.1 Å². The van der Waals surface area contributed by atoms with E-state index < -0.39 is 12.0 Å². The minimum atomic E-state index is -0.592. The number of carbonyl (C=O) groups is 2. The van der Waals surface area contributed by atoms with E-state index in [4.69, 9.17) is 10.5 Å². The molecule has 0 aromatic heterocycles. The summed E-state index contributed by atoms with van der Waals surface area (Å²) in [5, 5.41) is 5.93. The Bertz CT molecular complexity index is 1050. The summed E-state index contributed by atoms with van der Waals surface area (Å²) >= 11 is 0. The van der Waals surface area contributed by atoms with E-state index in [0.717, 1.165) is 22.4 Å². The molecule has 7 nitrogen and oxygen atoms in total. The monoisotopic (exact) mass is 508 g/mol. The number of aliphatic imine (C=N–C) groups is 1. The molecule has 0 aliphatic rings. The number of nitrogens with one attached hydrogen (secondary N) is 2. The van der Waals surface area contributed by atoms with Crippen molar-refractivity contribution in [3.05, 3.63) is 102 Å². The van der Waals surface area contributed by atoms with Crippen LogP contribution in [0.4, 0.5) is 0 Å². The lowest BCUT2D eigenvalue weighted by molar-refractivity contribution is -0.132. The summed E-state index contributed by atoms with van der Waals surface area (Å²) in [7, 11) is 1.62. The van der Waals surface area contributed by atoms with Gasteiger partial charge in [0.05, 0.1) is 25.4 Å². The second-order valence-corrected chi connectivity index (χ2v) is 8.09. The van der Waals surface area contributed by atoms with Crippen LogP contribution >= 0.6 is 12.4 Å². The average molecular weight is 509 g/mol. The minimum Gasteiger partial charge on any atom is -0.497 e. The molecule has 2 amide bonds. The zero-order valence-corrected chi connectivity index (χ0v) is 21.1. The van der Waals surface area contributed by atoms with Crippen LogP contribution in [0.3, 0.4) is 0 Å². The van der Waals surface area contributed by atoms with Gasteiger partial charge >= 0.3 is 0 Å². The number of methoxy groups -OCH3 is 1. The quantitative estimate of drug-likeness (QED) is 0.196. The van der Waals surface area contributed by atoms with Gasteiger partial charge in [-0.15, -0.1) is 12.4 Å². The van der Waals surface area contributed by atoms with Crippen LogP contribution in [0.15, 0.2) is 89.9 Å². The minimum absolute atomic E-state index is 0. The third-order valence-corrected chi connectivity index (χ3v) is 5.69. The molecule has 3 aromatic rings. The number of halogens is 1. The van der Waals surface area contributed by atoms with E-state index in [1.807, 2.05) is 84.9 Å². The third kappa shape index (κ3) is 8.52. The Morgan fingerprint density at radius 3 is 2.03 bits per heavy atom. The molecule has 0 spiro atoms. The molecule has 0 heterocycles. The van der Waals surface area contributed by atoms with Crippen molar-refractivity contribution in [1.82, 2.24) is 10.6 Å². The number of nitrogens with zero attached hydrogens (tertiary/aromatic N) is 1. The smallest absolute Gasteiger partial charge is 0.243 e. The van der Waals surface area contributed by atoms with Gasteiger partial charge in [-0.25, -0.2) is 0 Å². The van der Waals surface area contributed by atoms with Gasteiger partial charge in [0.15, 0.2) is 0 Å². The Hall–Kier alpha value is -3.68. The molecule has 0 saturated carbocycles. The van der Waals surface area contributed by atoms with Gasteiger partial charge in [-0.3, -0.25) is 19.9 Å². The molecule has 0 saturated heterocycles. The van der Waals surface area contributed by atoms with Gasteiger partial charge < -0.3 is 15.8 Å². The fourth-order valence-corrected chi connectivity index (χ4v) is 3.84. The number of nitrogens with two attached hydrogens (primary N) is 1. The first-order chi connectivity index (χ1) is 17.1. The summed E-state index contributed by atoms with van der Waals surface area (Å²) in [6, 6.07) is 26.0. The summed E-state index contributed by atoms with van der Waals surface area (Å²) in [6.45, 7) is 0.978. The van der Waals surface area contributed by atoms with Crippen LogP contribution in [-0.2, 0) is 16.1 Å². The normalized spacial score (nSPS) is 11.6. The van der Waals surface area contributed by atoms with Crippen LogP contribution in [0.2, 0.25) is 0 Å². The topological polar surface area (TPSA) is 106 Å². The molecule has 190 valence electrons. The standard InChI is InChI=1S/C28H32N4O3.ClH/c1-35-24-16-14-21(15-17-24)19-31-25(13-8-18-30-20-29)27(33)32-28(34)26(22-9-4-2-5-10-22)23-11-6-3-7-12-23;/h2-7,9-12,14-17,20,25-26,31H,8,13,18-19H2,1H3,(H2,29,30)(H,32,33,34);1H/t25-;/m0./s1. The van der Waals surface area contributed by atoms with Gasteiger partial charge in [0.25, 0.3) is 0 Å². The van der Waals surface area contributed by atoms with Gasteiger partial charge in [-0.1, -0.05) is 72.8 Å². The molecule has 3 rings (SSSR count). The van der Waals surface area contributed by atoms with Gasteiger partial charge in [0.1, 0.15) is 5.75 Å². The predicted molar refractivity (Wildman–Crippen MR) is 146 cm³/mol. The molecule has 0 bridgehead atoms. The highest BCUT2D eigenvalue weighted by molar-refractivity contribution is 6.01. The fraction of sp³-hybridized carbons (Fsp3) is 0.250. The fourth-order valence-electron chi connectivity index (χ4n) is 3.84. The van der Waals surface area contributed by atoms with Crippen molar-refractivity contribution in [2.45, 2.75) is 31.3 Å². The Morgan fingerprint density at radius 1 is 0.917 bits per heavy atom. The molecule has 1 atom stereocenters. The highest BCUT2D eigenvalue weighted by Crippen LogP contribution is 2.24. The van der Waals surface area contributed by atoms with Crippen LogP contribution in [-0.4, -0.2) is 37.8 Å². The molecular formula is C28H33ClN4O3. The van der Waals surface area contributed by atoms with Crippen LogP contribution in [0.25, 0.3) is 0 Å². The van der Waals surface area contributed by atoms with Crippen molar-refractivity contribution in [1.29, 1.82) is 0 Å². The molecule has 0 aliphatic carbocycles. The molecule has 0 aliphatic heterocycles. The zero-order valence-electron chi connectivity index (χ0n) is 20.3. The van der Waals surface area contributed by atoms with E-state index in [1.54, 1.807) is 7.11 Å². The van der Waals surface area contributed by atoms with Crippen molar-refractivity contribution in [3.8, 4) is 5.75 Å². The van der Waals surface area contributed by atoms with Gasteiger partial charge in [0.2, 0.25) is 11.8 Å². The van der Waals surface area contributed by atoms with Crippen molar-refractivity contribution >= 4 is 30.6 Å². The summed E-state index contributed by atoms with van der Waals surface area (Å²) in [5.74, 6) is -0.549. The molecule has 0 radical (unpaired) electrons. The first kappa shape index (κ1) is 28.6. The van der Waals surface area contributed by atoms with Crippen LogP contribution in [0, 0.1) is 0 Å². The van der Waals surface area contributed by atoms with Crippen molar-refractivity contribution in [2.24, 2.45) is 10.7 Å². The highest BCUT2D eigenvalue weighted by Gasteiger charge is 2.27. The van der Waals surface area contributed by atoms with Crippen LogP contribution in [0.1, 0.15) is 35.4 Å². The average Bonchev–Trinajstić information content (AvgIpc) is 2.90. The molecular weight excluding hydrogens is 476 g/mol. The van der Waals surface area contributed by atoms with E-state index in [1.165, 1.54) is 6.34 Å². The second kappa shape index (κ2) is 15.3. The maximum atomic E-state index is 13.4. The van der Waals surface area contributed by atoms with Crippen molar-refractivity contribution < 1.29 is 14.3 Å². The summed E-state index contributed by atoms with van der Waals surface area (Å²) < 4.78 is 5.20. The number of ether oxygens (including phenoxy) is 1. The number of amides is 2. The van der Waals surface area contributed by atoms with Crippen molar-refractivity contribution in [3.63, 3.8) is 0 Å². The zero-order chi connectivity index (χ0) is 24.9.